The van der Waals surface area contributed by atoms with Crippen molar-refractivity contribution < 1.29 is 9.59 Å². The number of carbonyl (C=O) groups is 2. The zero-order valence-corrected chi connectivity index (χ0v) is 9.08. The van der Waals surface area contributed by atoms with E-state index in [1.165, 1.54) is 12.8 Å². The van der Waals surface area contributed by atoms with Crippen molar-refractivity contribution in [3.63, 3.8) is 0 Å². The van der Waals surface area contributed by atoms with E-state index < -0.39 is 0 Å². The van der Waals surface area contributed by atoms with Crippen LogP contribution in [-0.2, 0) is 9.59 Å². The van der Waals surface area contributed by atoms with E-state index >= 15 is 0 Å². The molecule has 84 valence electrons. The van der Waals surface area contributed by atoms with Gasteiger partial charge in [0.05, 0.1) is 5.92 Å². The molecule has 0 aromatic heterocycles. The third-order valence-corrected chi connectivity index (χ3v) is 3.26. The highest BCUT2D eigenvalue weighted by molar-refractivity contribution is 5.89. The number of hydrogen-bond donors (Lipinski definition) is 2. The molecule has 2 amide bonds. The quantitative estimate of drug-likeness (QED) is 0.707. The van der Waals surface area contributed by atoms with Gasteiger partial charge in [-0.25, -0.2) is 0 Å². The van der Waals surface area contributed by atoms with Crippen LogP contribution in [0, 0.1) is 11.8 Å². The fourth-order valence-electron chi connectivity index (χ4n) is 2.21. The maximum Gasteiger partial charge on any atom is 0.225 e. The monoisotopic (exact) mass is 210 g/mol. The van der Waals surface area contributed by atoms with Gasteiger partial charge >= 0.3 is 0 Å². The number of hydrogen-bond acceptors (Lipinski definition) is 2. The summed E-state index contributed by atoms with van der Waals surface area (Å²) < 4.78 is 0. The molecule has 0 aromatic carbocycles. The zero-order chi connectivity index (χ0) is 10.8. The Hall–Kier alpha value is -1.06. The molecule has 1 saturated heterocycles. The van der Waals surface area contributed by atoms with Crippen molar-refractivity contribution in [3.05, 3.63) is 0 Å². The first-order valence-electron chi connectivity index (χ1n) is 5.77. The molecular formula is C11H18N2O2. The molecule has 4 nitrogen and oxygen atoms in total. The SMILES string of the molecule is CCCC1CC1NC(=O)C1CNC(=O)C1. The van der Waals surface area contributed by atoms with Crippen LogP contribution in [0.25, 0.3) is 0 Å². The Morgan fingerprint density at radius 3 is 3.00 bits per heavy atom. The molecule has 1 saturated carbocycles. The molecule has 1 heterocycles. The van der Waals surface area contributed by atoms with Gasteiger partial charge in [-0.1, -0.05) is 13.3 Å². The van der Waals surface area contributed by atoms with Gasteiger partial charge in [0.2, 0.25) is 11.8 Å². The summed E-state index contributed by atoms with van der Waals surface area (Å²) in [6, 6.07) is 0.383. The van der Waals surface area contributed by atoms with Crippen molar-refractivity contribution in [2.75, 3.05) is 6.54 Å². The van der Waals surface area contributed by atoms with E-state index in [-0.39, 0.29) is 17.7 Å². The highest BCUT2D eigenvalue weighted by Crippen LogP contribution is 2.34. The molecule has 2 rings (SSSR count). The fraction of sp³-hybridized carbons (Fsp3) is 0.818. The lowest BCUT2D eigenvalue weighted by molar-refractivity contribution is -0.126. The second-order valence-corrected chi connectivity index (χ2v) is 4.60. The van der Waals surface area contributed by atoms with Crippen LogP contribution in [0.2, 0.25) is 0 Å². The molecule has 2 N–H and O–H groups in total. The van der Waals surface area contributed by atoms with E-state index in [0.717, 1.165) is 6.42 Å². The second kappa shape index (κ2) is 4.21. The normalized spacial score (nSPS) is 33.7. The smallest absolute Gasteiger partial charge is 0.225 e. The van der Waals surface area contributed by atoms with Crippen molar-refractivity contribution in [2.24, 2.45) is 11.8 Å². The van der Waals surface area contributed by atoms with Crippen LogP contribution in [0.1, 0.15) is 32.6 Å². The van der Waals surface area contributed by atoms with E-state index in [0.29, 0.717) is 24.9 Å². The predicted molar refractivity (Wildman–Crippen MR) is 56.1 cm³/mol. The van der Waals surface area contributed by atoms with Gasteiger partial charge in [0.15, 0.2) is 0 Å². The Labute approximate surface area is 89.8 Å². The average molecular weight is 210 g/mol. The average Bonchev–Trinajstić information content (AvgIpc) is 2.76. The molecule has 3 unspecified atom stereocenters. The summed E-state index contributed by atoms with van der Waals surface area (Å²) in [7, 11) is 0. The highest BCUT2D eigenvalue weighted by Gasteiger charge is 2.39. The van der Waals surface area contributed by atoms with Crippen LogP contribution in [0.3, 0.4) is 0 Å². The van der Waals surface area contributed by atoms with E-state index in [1.54, 1.807) is 0 Å². The largest absolute Gasteiger partial charge is 0.355 e. The third-order valence-electron chi connectivity index (χ3n) is 3.26. The van der Waals surface area contributed by atoms with Gasteiger partial charge in [-0.2, -0.15) is 0 Å². The maximum absolute atomic E-state index is 11.7. The molecule has 2 fully saturated rings. The Morgan fingerprint density at radius 1 is 1.60 bits per heavy atom. The summed E-state index contributed by atoms with van der Waals surface area (Å²) in [5.41, 5.74) is 0. The summed E-state index contributed by atoms with van der Waals surface area (Å²) in [4.78, 5) is 22.6. The van der Waals surface area contributed by atoms with E-state index in [4.69, 9.17) is 0 Å². The standard InChI is InChI=1S/C11H18N2O2/c1-2-3-7-4-9(7)13-11(15)8-5-10(14)12-6-8/h7-9H,2-6H2,1H3,(H,12,14)(H,13,15). The van der Waals surface area contributed by atoms with Gasteiger partial charge in [-0.3, -0.25) is 9.59 Å². The zero-order valence-electron chi connectivity index (χ0n) is 9.08. The molecule has 0 aromatic rings. The van der Waals surface area contributed by atoms with Crippen LogP contribution in [0.4, 0.5) is 0 Å². The Morgan fingerprint density at radius 2 is 2.40 bits per heavy atom. The van der Waals surface area contributed by atoms with Crippen molar-refractivity contribution in [3.8, 4) is 0 Å². The van der Waals surface area contributed by atoms with Crippen LogP contribution >= 0.6 is 0 Å². The summed E-state index contributed by atoms with van der Waals surface area (Å²) in [6.45, 7) is 2.67. The van der Waals surface area contributed by atoms with Gasteiger partial charge in [0.1, 0.15) is 0 Å². The minimum absolute atomic E-state index is 0.00365. The molecule has 1 aliphatic heterocycles. The summed E-state index contributed by atoms with van der Waals surface area (Å²) >= 11 is 0. The van der Waals surface area contributed by atoms with E-state index in [9.17, 15) is 9.59 Å². The van der Waals surface area contributed by atoms with Crippen LogP contribution in [0.5, 0.6) is 0 Å². The fourth-order valence-corrected chi connectivity index (χ4v) is 2.21. The van der Waals surface area contributed by atoms with E-state index in [1.807, 2.05) is 0 Å². The summed E-state index contributed by atoms with van der Waals surface area (Å²) in [6.07, 6.45) is 3.86. The third kappa shape index (κ3) is 2.49. The number of carbonyl (C=O) groups excluding carboxylic acids is 2. The predicted octanol–water partition coefficient (Wildman–Crippen LogP) is 0.427. The molecule has 0 spiro atoms. The minimum Gasteiger partial charge on any atom is -0.355 e. The van der Waals surface area contributed by atoms with Crippen molar-refractivity contribution in [2.45, 2.75) is 38.6 Å². The van der Waals surface area contributed by atoms with E-state index in [2.05, 4.69) is 17.6 Å². The van der Waals surface area contributed by atoms with Crippen LogP contribution in [0.15, 0.2) is 0 Å². The topological polar surface area (TPSA) is 58.2 Å². The Balaban J connectivity index is 1.72. The number of amides is 2. The highest BCUT2D eigenvalue weighted by atomic mass is 16.2. The molecule has 0 bridgehead atoms. The van der Waals surface area contributed by atoms with Crippen molar-refractivity contribution in [1.29, 1.82) is 0 Å². The maximum atomic E-state index is 11.7. The number of rotatable bonds is 4. The molecule has 4 heteroatoms. The van der Waals surface area contributed by atoms with Crippen LogP contribution in [-0.4, -0.2) is 24.4 Å². The lowest BCUT2D eigenvalue weighted by Crippen LogP contribution is -2.34. The summed E-state index contributed by atoms with van der Waals surface area (Å²) in [5.74, 6) is 0.595. The Kier molecular flexibility index (Phi) is 2.93. The first kappa shape index (κ1) is 10.5. The van der Waals surface area contributed by atoms with Gasteiger partial charge in [-0.05, 0) is 18.8 Å². The van der Waals surface area contributed by atoms with Gasteiger partial charge in [0.25, 0.3) is 0 Å². The molecule has 0 radical (unpaired) electrons. The lowest BCUT2D eigenvalue weighted by Gasteiger charge is -2.08. The lowest BCUT2D eigenvalue weighted by atomic mass is 10.1. The van der Waals surface area contributed by atoms with Crippen LogP contribution < -0.4 is 10.6 Å². The van der Waals surface area contributed by atoms with Crippen molar-refractivity contribution in [1.82, 2.24) is 10.6 Å². The van der Waals surface area contributed by atoms with Gasteiger partial charge in [-0.15, -0.1) is 0 Å². The molecule has 1 aliphatic carbocycles. The number of nitrogens with one attached hydrogen (secondary N) is 2. The van der Waals surface area contributed by atoms with Gasteiger partial charge < -0.3 is 10.6 Å². The first-order valence-corrected chi connectivity index (χ1v) is 5.77. The molecular weight excluding hydrogens is 192 g/mol. The van der Waals surface area contributed by atoms with Gasteiger partial charge in [0, 0.05) is 19.0 Å². The molecule has 2 aliphatic rings. The van der Waals surface area contributed by atoms with Crippen molar-refractivity contribution >= 4 is 11.8 Å². The molecule has 3 atom stereocenters. The second-order valence-electron chi connectivity index (χ2n) is 4.60. The minimum atomic E-state index is -0.139. The Bertz CT molecular complexity index is 278. The molecule has 15 heavy (non-hydrogen) atoms. The summed E-state index contributed by atoms with van der Waals surface area (Å²) in [5, 5.41) is 5.70. The first-order chi connectivity index (χ1) is 7.20.